The predicted molar refractivity (Wildman–Crippen MR) is 131 cm³/mol. The quantitative estimate of drug-likeness (QED) is 0.457. The number of hydrogen-bond donors (Lipinski definition) is 2. The molecular weight excluding hydrogens is 401 g/mol. The molecule has 5 heteroatoms. The standard InChI is InChI=1S/C27H32FN3O/c1-5-17-13-20-12-11-19(14-24(20)30-16-17)22-15-23(28)25(26(29-7-3)21(22)6-2)27(31(4)32)18-9-8-10-18/h7,11-12,14-17,29,32H,3,5-6,8-10,13H2,1-2,4H3. The summed E-state index contributed by atoms with van der Waals surface area (Å²) >= 11 is 0. The Morgan fingerprint density at radius 2 is 2.09 bits per heavy atom. The lowest BCUT2D eigenvalue weighted by atomic mass is 9.85. The highest BCUT2D eigenvalue weighted by atomic mass is 19.1. The number of nitrogens with zero attached hydrogens (tertiary/aromatic N) is 2. The first-order chi connectivity index (χ1) is 15.5. The van der Waals surface area contributed by atoms with E-state index in [2.05, 4.69) is 48.9 Å². The molecule has 1 heterocycles. The second kappa shape index (κ2) is 9.29. The van der Waals surface area contributed by atoms with E-state index in [4.69, 9.17) is 0 Å². The monoisotopic (exact) mass is 433 g/mol. The van der Waals surface area contributed by atoms with Crippen LogP contribution in [0.3, 0.4) is 0 Å². The molecule has 0 spiro atoms. The first-order valence-electron chi connectivity index (χ1n) is 11.5. The van der Waals surface area contributed by atoms with Crippen molar-refractivity contribution in [3.63, 3.8) is 0 Å². The first-order valence-corrected chi connectivity index (χ1v) is 11.5. The van der Waals surface area contributed by atoms with Gasteiger partial charge in [-0.2, -0.15) is 0 Å². The molecule has 1 saturated carbocycles. The van der Waals surface area contributed by atoms with Crippen LogP contribution in [0.4, 0.5) is 15.8 Å². The molecule has 1 unspecified atom stereocenters. The number of anilines is 1. The van der Waals surface area contributed by atoms with Crippen molar-refractivity contribution in [2.45, 2.75) is 52.4 Å². The van der Waals surface area contributed by atoms with E-state index in [0.717, 1.165) is 65.1 Å². The highest BCUT2D eigenvalue weighted by molar-refractivity contribution is 5.87. The molecule has 1 aliphatic carbocycles. The lowest BCUT2D eigenvalue weighted by Gasteiger charge is -2.29. The highest BCUT2D eigenvalue weighted by Crippen LogP contribution is 2.43. The van der Waals surface area contributed by atoms with Crippen molar-refractivity contribution in [3.05, 3.63) is 65.1 Å². The number of allylic oxidation sites excluding steroid dienone is 1. The third kappa shape index (κ3) is 3.97. The van der Waals surface area contributed by atoms with Crippen molar-refractivity contribution in [2.75, 3.05) is 12.4 Å². The van der Waals surface area contributed by atoms with Crippen LogP contribution in [0.15, 0.2) is 47.6 Å². The Morgan fingerprint density at radius 1 is 1.31 bits per heavy atom. The van der Waals surface area contributed by atoms with Crippen LogP contribution in [-0.4, -0.2) is 23.5 Å². The van der Waals surface area contributed by atoms with Crippen molar-refractivity contribution < 1.29 is 9.60 Å². The van der Waals surface area contributed by atoms with Crippen LogP contribution >= 0.6 is 0 Å². The summed E-state index contributed by atoms with van der Waals surface area (Å²) in [6, 6.07) is 7.86. The van der Waals surface area contributed by atoms with E-state index in [-0.39, 0.29) is 5.82 Å². The van der Waals surface area contributed by atoms with E-state index in [1.165, 1.54) is 5.56 Å². The van der Waals surface area contributed by atoms with Crippen molar-refractivity contribution in [1.29, 1.82) is 0 Å². The molecule has 1 aliphatic heterocycles. The maximum absolute atomic E-state index is 15.7. The van der Waals surface area contributed by atoms with Gasteiger partial charge in [-0.1, -0.05) is 32.6 Å². The van der Waals surface area contributed by atoms with Gasteiger partial charge in [0.15, 0.2) is 0 Å². The van der Waals surface area contributed by atoms with Crippen LogP contribution in [0.5, 0.6) is 0 Å². The number of nitrogens with one attached hydrogen (secondary N) is 1. The van der Waals surface area contributed by atoms with E-state index in [1.54, 1.807) is 19.3 Å². The number of halogens is 1. The summed E-state index contributed by atoms with van der Waals surface area (Å²) in [5.74, 6) is 0.122. The lowest BCUT2D eigenvalue weighted by molar-refractivity contribution is -0.000948. The van der Waals surface area contributed by atoms with Gasteiger partial charge in [0, 0.05) is 13.3 Å². The third-order valence-electron chi connectivity index (χ3n) is 6.67. The zero-order chi connectivity index (χ0) is 22.8. The van der Waals surface area contributed by atoms with Crippen molar-refractivity contribution in [3.8, 4) is 11.1 Å². The number of aliphatic imine (C=N–C) groups is 1. The number of hydroxylamine groups is 2. The van der Waals surface area contributed by atoms with E-state index < -0.39 is 0 Å². The fourth-order valence-corrected chi connectivity index (χ4v) is 4.76. The Hall–Kier alpha value is -2.92. The topological polar surface area (TPSA) is 47.9 Å². The van der Waals surface area contributed by atoms with Crippen LogP contribution in [0, 0.1) is 11.7 Å². The normalized spacial score (nSPS) is 16.9. The second-order valence-corrected chi connectivity index (χ2v) is 8.66. The molecule has 4 rings (SSSR count). The van der Waals surface area contributed by atoms with Gasteiger partial charge in [-0.05, 0) is 90.6 Å². The predicted octanol–water partition coefficient (Wildman–Crippen LogP) is 7.11. The van der Waals surface area contributed by atoms with Crippen molar-refractivity contribution in [2.24, 2.45) is 10.9 Å². The lowest BCUT2D eigenvalue weighted by Crippen LogP contribution is -2.19. The van der Waals surface area contributed by atoms with E-state index in [9.17, 15) is 5.21 Å². The Bertz CT molecular complexity index is 1090. The van der Waals surface area contributed by atoms with E-state index in [1.807, 2.05) is 6.21 Å². The van der Waals surface area contributed by atoms with Crippen LogP contribution < -0.4 is 5.32 Å². The Morgan fingerprint density at radius 3 is 2.69 bits per heavy atom. The molecule has 0 saturated heterocycles. The van der Waals surface area contributed by atoms with Crippen LogP contribution in [0.1, 0.15) is 56.2 Å². The maximum Gasteiger partial charge on any atom is 0.135 e. The Balaban J connectivity index is 1.89. The van der Waals surface area contributed by atoms with Crippen LogP contribution in [-0.2, 0) is 12.8 Å². The summed E-state index contributed by atoms with van der Waals surface area (Å²) in [7, 11) is 1.56. The number of rotatable bonds is 7. The largest absolute Gasteiger partial charge is 0.361 e. The van der Waals surface area contributed by atoms with Gasteiger partial charge in [-0.3, -0.25) is 15.3 Å². The van der Waals surface area contributed by atoms with Gasteiger partial charge in [-0.15, -0.1) is 0 Å². The fraction of sp³-hybridized carbons (Fsp3) is 0.370. The molecule has 2 aromatic rings. The average molecular weight is 434 g/mol. The number of benzene rings is 2. The minimum atomic E-state index is -0.357. The fourth-order valence-electron chi connectivity index (χ4n) is 4.76. The van der Waals surface area contributed by atoms with E-state index in [0.29, 0.717) is 29.3 Å². The van der Waals surface area contributed by atoms with Crippen molar-refractivity contribution >= 4 is 23.3 Å². The molecule has 2 aliphatic rings. The summed E-state index contributed by atoms with van der Waals surface area (Å²) in [6.07, 6.45) is 9.19. The summed E-state index contributed by atoms with van der Waals surface area (Å²) < 4.78 is 15.7. The molecule has 4 nitrogen and oxygen atoms in total. The minimum Gasteiger partial charge on any atom is -0.361 e. The molecule has 0 radical (unpaired) electrons. The maximum atomic E-state index is 15.7. The highest BCUT2D eigenvalue weighted by Gasteiger charge is 2.27. The van der Waals surface area contributed by atoms with Gasteiger partial charge in [0.25, 0.3) is 0 Å². The average Bonchev–Trinajstić information content (AvgIpc) is 2.75. The summed E-state index contributed by atoms with van der Waals surface area (Å²) in [6.45, 7) is 8.06. The molecule has 0 amide bonds. The zero-order valence-electron chi connectivity index (χ0n) is 19.2. The molecule has 0 aromatic heterocycles. The summed E-state index contributed by atoms with van der Waals surface area (Å²) in [4.78, 5) is 4.68. The Kier molecular flexibility index (Phi) is 6.47. The van der Waals surface area contributed by atoms with Gasteiger partial charge >= 0.3 is 0 Å². The van der Waals surface area contributed by atoms with Crippen LogP contribution in [0.25, 0.3) is 16.8 Å². The molecule has 2 N–H and O–H groups in total. The number of fused-ring (bicyclic) bond motifs is 1. The van der Waals surface area contributed by atoms with Gasteiger partial charge in [0.2, 0.25) is 0 Å². The molecule has 1 fully saturated rings. The summed E-state index contributed by atoms with van der Waals surface area (Å²) in [5, 5.41) is 14.6. The SMILES string of the molecule is C=CNc1c(CC)c(-c2ccc3c(c2)N=CC(CC)C3)cc(F)c1C(=C1CCC1)N(C)O. The Labute approximate surface area is 190 Å². The summed E-state index contributed by atoms with van der Waals surface area (Å²) in [5.41, 5.74) is 7.68. The zero-order valence-corrected chi connectivity index (χ0v) is 19.2. The first kappa shape index (κ1) is 22.3. The van der Waals surface area contributed by atoms with Gasteiger partial charge < -0.3 is 5.32 Å². The molecule has 0 bridgehead atoms. The van der Waals surface area contributed by atoms with Crippen LogP contribution in [0.2, 0.25) is 0 Å². The molecule has 32 heavy (non-hydrogen) atoms. The van der Waals surface area contributed by atoms with Gasteiger partial charge in [0.05, 0.1) is 22.6 Å². The van der Waals surface area contributed by atoms with E-state index >= 15 is 4.39 Å². The second-order valence-electron chi connectivity index (χ2n) is 8.66. The molecule has 1 atom stereocenters. The third-order valence-corrected chi connectivity index (χ3v) is 6.67. The van der Waals surface area contributed by atoms with Gasteiger partial charge in [0.1, 0.15) is 5.82 Å². The minimum absolute atomic E-state index is 0.357. The van der Waals surface area contributed by atoms with Crippen molar-refractivity contribution in [1.82, 2.24) is 5.06 Å². The molecular formula is C27H32FN3O. The smallest absolute Gasteiger partial charge is 0.135 e. The number of hydrogen-bond acceptors (Lipinski definition) is 4. The molecule has 2 aromatic carbocycles. The van der Waals surface area contributed by atoms with Gasteiger partial charge in [-0.25, -0.2) is 4.39 Å². The molecule has 168 valence electrons.